The van der Waals surface area contributed by atoms with Crippen molar-refractivity contribution in [1.29, 1.82) is 0 Å². The van der Waals surface area contributed by atoms with Crippen LogP contribution in [0.1, 0.15) is 25.7 Å². The first-order valence-electron chi connectivity index (χ1n) is 7.58. The third-order valence-corrected chi connectivity index (χ3v) is 4.18. The number of ether oxygens (including phenoxy) is 1. The molecule has 0 aromatic heterocycles. The van der Waals surface area contributed by atoms with Crippen LogP contribution in [0.4, 0.5) is 4.79 Å². The van der Waals surface area contributed by atoms with E-state index in [-0.39, 0.29) is 31.1 Å². The summed E-state index contributed by atoms with van der Waals surface area (Å²) in [6.45, 7) is 2.90. The van der Waals surface area contributed by atoms with Crippen LogP contribution in [0, 0.1) is 5.92 Å². The average Bonchev–Trinajstić information content (AvgIpc) is 2.92. The lowest BCUT2D eigenvalue weighted by molar-refractivity contribution is -0.138. The van der Waals surface area contributed by atoms with Crippen molar-refractivity contribution in [1.82, 2.24) is 9.80 Å². The third kappa shape index (κ3) is 4.57. The number of carboxylic acid groups (broad SMARTS) is 1. The number of carboxylic acids is 1. The Balaban J connectivity index is 1.74. The second kappa shape index (κ2) is 7.61. The molecule has 1 atom stereocenters. The standard InChI is InChI=1S/C14H24N2O5/c17-7-8-21-12-2-5-15(6-3-12)14(20)16-4-1-11(10-16)9-13(18)19/h11-12,17H,1-10H2,(H,18,19). The Morgan fingerprint density at radius 1 is 1.10 bits per heavy atom. The summed E-state index contributed by atoms with van der Waals surface area (Å²) in [4.78, 5) is 26.7. The minimum Gasteiger partial charge on any atom is -0.481 e. The summed E-state index contributed by atoms with van der Waals surface area (Å²) >= 11 is 0. The lowest BCUT2D eigenvalue weighted by atomic mass is 10.1. The van der Waals surface area contributed by atoms with Crippen LogP contribution in [0.3, 0.4) is 0 Å². The molecule has 0 bridgehead atoms. The van der Waals surface area contributed by atoms with E-state index in [1.54, 1.807) is 4.90 Å². The van der Waals surface area contributed by atoms with Crippen LogP contribution in [0.5, 0.6) is 0 Å². The Morgan fingerprint density at radius 2 is 1.76 bits per heavy atom. The summed E-state index contributed by atoms with van der Waals surface area (Å²) in [5.41, 5.74) is 0. The van der Waals surface area contributed by atoms with Crippen molar-refractivity contribution in [2.24, 2.45) is 5.92 Å². The van der Waals surface area contributed by atoms with Gasteiger partial charge in [-0.3, -0.25) is 4.79 Å². The first kappa shape index (κ1) is 16.0. The Bertz CT molecular complexity index is 368. The highest BCUT2D eigenvalue weighted by Gasteiger charge is 2.32. The van der Waals surface area contributed by atoms with Crippen LogP contribution in [0.25, 0.3) is 0 Å². The van der Waals surface area contributed by atoms with Crippen molar-refractivity contribution in [3.63, 3.8) is 0 Å². The van der Waals surface area contributed by atoms with E-state index in [2.05, 4.69) is 0 Å². The van der Waals surface area contributed by atoms with Gasteiger partial charge in [0.1, 0.15) is 0 Å². The van der Waals surface area contributed by atoms with E-state index in [1.807, 2.05) is 4.90 Å². The largest absolute Gasteiger partial charge is 0.481 e. The van der Waals surface area contributed by atoms with Gasteiger partial charge in [0.2, 0.25) is 0 Å². The molecule has 1 unspecified atom stereocenters. The molecule has 0 aromatic rings. The van der Waals surface area contributed by atoms with Crippen LogP contribution < -0.4 is 0 Å². The highest BCUT2D eigenvalue weighted by molar-refractivity contribution is 5.75. The van der Waals surface area contributed by atoms with Crippen molar-refractivity contribution in [2.45, 2.75) is 31.8 Å². The van der Waals surface area contributed by atoms with Crippen LogP contribution in [-0.4, -0.2) is 77.5 Å². The maximum atomic E-state index is 12.4. The maximum Gasteiger partial charge on any atom is 0.320 e. The molecule has 2 aliphatic heterocycles. The molecule has 2 aliphatic rings. The zero-order valence-electron chi connectivity index (χ0n) is 12.2. The molecular weight excluding hydrogens is 276 g/mol. The Hall–Kier alpha value is -1.34. The summed E-state index contributed by atoms with van der Waals surface area (Å²) in [5.74, 6) is -0.715. The molecule has 0 aliphatic carbocycles. The molecule has 7 heteroatoms. The van der Waals surface area contributed by atoms with E-state index in [4.69, 9.17) is 14.9 Å². The fraction of sp³-hybridized carbons (Fsp3) is 0.857. The summed E-state index contributed by atoms with van der Waals surface area (Å²) < 4.78 is 5.48. The first-order chi connectivity index (χ1) is 10.1. The molecule has 0 radical (unpaired) electrons. The number of aliphatic hydroxyl groups excluding tert-OH is 1. The minimum atomic E-state index is -0.795. The van der Waals surface area contributed by atoms with Gasteiger partial charge >= 0.3 is 12.0 Å². The van der Waals surface area contributed by atoms with E-state index < -0.39 is 5.97 Å². The highest BCUT2D eigenvalue weighted by atomic mass is 16.5. The number of aliphatic hydroxyl groups is 1. The Morgan fingerprint density at radius 3 is 2.38 bits per heavy atom. The molecule has 120 valence electrons. The number of amides is 2. The van der Waals surface area contributed by atoms with Gasteiger partial charge in [0.05, 0.1) is 19.3 Å². The normalized spacial score (nSPS) is 23.6. The second-order valence-electron chi connectivity index (χ2n) is 5.76. The second-order valence-corrected chi connectivity index (χ2v) is 5.76. The lowest BCUT2D eigenvalue weighted by Gasteiger charge is -2.34. The van der Waals surface area contributed by atoms with E-state index in [0.29, 0.717) is 32.8 Å². The fourth-order valence-corrected chi connectivity index (χ4v) is 3.05. The topological polar surface area (TPSA) is 90.3 Å². The molecule has 2 saturated heterocycles. The SMILES string of the molecule is O=C(O)CC1CCN(C(=O)N2CCC(OCCO)CC2)C1. The van der Waals surface area contributed by atoms with Gasteiger partial charge in [-0.25, -0.2) is 4.79 Å². The van der Waals surface area contributed by atoms with Crippen molar-refractivity contribution in [2.75, 3.05) is 39.4 Å². The van der Waals surface area contributed by atoms with E-state index in [0.717, 1.165) is 19.3 Å². The number of carbonyl (C=O) groups excluding carboxylic acids is 1. The lowest BCUT2D eigenvalue weighted by Crippen LogP contribution is -2.47. The first-order valence-corrected chi connectivity index (χ1v) is 7.58. The summed E-state index contributed by atoms with van der Waals surface area (Å²) in [7, 11) is 0. The van der Waals surface area contributed by atoms with Gasteiger partial charge in [0.15, 0.2) is 0 Å². The molecule has 0 aromatic carbocycles. The van der Waals surface area contributed by atoms with Gasteiger partial charge in [-0.05, 0) is 25.2 Å². The number of carbonyl (C=O) groups is 2. The number of urea groups is 1. The van der Waals surface area contributed by atoms with Gasteiger partial charge < -0.3 is 24.7 Å². The quantitative estimate of drug-likeness (QED) is 0.766. The van der Waals surface area contributed by atoms with E-state index >= 15 is 0 Å². The van der Waals surface area contributed by atoms with Crippen molar-refractivity contribution in [3.8, 4) is 0 Å². The summed E-state index contributed by atoms with van der Waals surface area (Å²) in [6, 6.07) is 0.0171. The average molecular weight is 300 g/mol. The number of aliphatic carboxylic acids is 1. The number of rotatable bonds is 5. The zero-order chi connectivity index (χ0) is 15.2. The fourth-order valence-electron chi connectivity index (χ4n) is 3.05. The number of hydrogen-bond donors (Lipinski definition) is 2. The molecule has 2 rings (SSSR count). The molecular formula is C14H24N2O5. The molecule has 2 heterocycles. The number of piperidine rings is 1. The molecule has 2 N–H and O–H groups in total. The third-order valence-electron chi connectivity index (χ3n) is 4.18. The van der Waals surface area contributed by atoms with Gasteiger partial charge in [-0.15, -0.1) is 0 Å². The van der Waals surface area contributed by atoms with Gasteiger partial charge in [0.25, 0.3) is 0 Å². The van der Waals surface area contributed by atoms with Gasteiger partial charge in [-0.1, -0.05) is 0 Å². The number of nitrogens with zero attached hydrogens (tertiary/aromatic N) is 2. The predicted octanol–water partition coefficient (Wildman–Crippen LogP) is 0.376. The molecule has 0 spiro atoms. The smallest absolute Gasteiger partial charge is 0.320 e. The summed E-state index contributed by atoms with van der Waals surface area (Å²) in [6.07, 6.45) is 2.62. The maximum absolute atomic E-state index is 12.4. The molecule has 2 fully saturated rings. The van der Waals surface area contributed by atoms with Gasteiger partial charge in [-0.2, -0.15) is 0 Å². The Kier molecular flexibility index (Phi) is 5.81. The van der Waals surface area contributed by atoms with Crippen molar-refractivity contribution in [3.05, 3.63) is 0 Å². The van der Waals surface area contributed by atoms with Crippen LogP contribution in [-0.2, 0) is 9.53 Å². The molecule has 7 nitrogen and oxygen atoms in total. The monoisotopic (exact) mass is 300 g/mol. The summed E-state index contributed by atoms with van der Waals surface area (Å²) in [5, 5.41) is 17.5. The zero-order valence-corrected chi connectivity index (χ0v) is 12.2. The number of likely N-dealkylation sites (tertiary alicyclic amines) is 2. The van der Waals surface area contributed by atoms with Crippen LogP contribution in [0.2, 0.25) is 0 Å². The van der Waals surface area contributed by atoms with Crippen molar-refractivity contribution < 1.29 is 24.5 Å². The molecule has 2 amide bonds. The van der Waals surface area contributed by atoms with E-state index in [1.165, 1.54) is 0 Å². The molecule has 0 saturated carbocycles. The Labute approximate surface area is 124 Å². The molecule has 21 heavy (non-hydrogen) atoms. The predicted molar refractivity (Wildman–Crippen MR) is 75.0 cm³/mol. The number of hydrogen-bond acceptors (Lipinski definition) is 4. The van der Waals surface area contributed by atoms with Crippen LogP contribution >= 0.6 is 0 Å². The van der Waals surface area contributed by atoms with Crippen molar-refractivity contribution >= 4 is 12.0 Å². The minimum absolute atomic E-state index is 0.0171. The highest BCUT2D eigenvalue weighted by Crippen LogP contribution is 2.22. The van der Waals surface area contributed by atoms with Crippen LogP contribution in [0.15, 0.2) is 0 Å². The van der Waals surface area contributed by atoms with Gasteiger partial charge in [0, 0.05) is 32.6 Å². The van der Waals surface area contributed by atoms with E-state index in [9.17, 15) is 9.59 Å².